The first-order valence-electron chi connectivity index (χ1n) is 23.8. The number of phosphoric acid groups is 3. The van der Waals surface area contributed by atoms with Gasteiger partial charge in [0.1, 0.15) is 24.0 Å². The number of rotatable bonds is 16. The number of anilines is 2. The fraction of sp³-hybridized carbons (Fsp3) is 0.308. The summed E-state index contributed by atoms with van der Waals surface area (Å²) in [7, 11) is -15.2. The molecule has 3 aliphatic rings. The van der Waals surface area contributed by atoms with Gasteiger partial charge in [-0.3, -0.25) is 13.8 Å². The summed E-state index contributed by atoms with van der Waals surface area (Å²) in [5.74, 6) is 6.05. The van der Waals surface area contributed by atoms with Crippen molar-refractivity contribution in [2.75, 3.05) is 44.0 Å². The van der Waals surface area contributed by atoms with Gasteiger partial charge in [-0.25, -0.2) is 23.7 Å². The summed E-state index contributed by atoms with van der Waals surface area (Å²) < 4.78 is 62.8. The zero-order chi connectivity index (χ0) is 52.8. The molecule has 1 saturated heterocycles. The molecule has 74 heavy (non-hydrogen) atoms. The minimum absolute atomic E-state index is 0.00401. The third-order valence-electron chi connectivity index (χ3n) is 13.6. The fourth-order valence-corrected chi connectivity index (χ4v) is 13.7. The van der Waals surface area contributed by atoms with Crippen molar-refractivity contribution in [1.29, 1.82) is 0 Å². The van der Waals surface area contributed by atoms with Gasteiger partial charge in [0.15, 0.2) is 5.71 Å². The monoisotopic (exact) mass is 1060 g/mol. The van der Waals surface area contributed by atoms with E-state index in [0.717, 1.165) is 34.3 Å². The van der Waals surface area contributed by atoms with Crippen molar-refractivity contribution < 1.29 is 60.2 Å². The second-order valence-corrected chi connectivity index (χ2v) is 23.7. The van der Waals surface area contributed by atoms with Crippen LogP contribution in [0.5, 0.6) is 0 Å². The molecule has 1 amide bonds. The zero-order valence-electron chi connectivity index (χ0n) is 41.5. The number of hydrogen-bond donors (Lipinski definition) is 5. The molecule has 0 saturated carbocycles. The molecule has 5 atom stereocenters. The number of carbonyl (C=O) groups is 1. The average Bonchev–Trinajstić information content (AvgIpc) is 4.08. The molecular weight excluding hydrogens is 1010 g/mol. The Bertz CT molecular complexity index is 3580. The molecule has 0 aliphatic carbocycles. The fourth-order valence-electron chi connectivity index (χ4n) is 10.4. The van der Waals surface area contributed by atoms with Crippen LogP contribution in [-0.4, -0.2) is 84.9 Å². The number of nitrogens with zero attached hydrogens (tertiary/aromatic N) is 5. The van der Waals surface area contributed by atoms with Gasteiger partial charge in [0.2, 0.25) is 12.2 Å². The summed E-state index contributed by atoms with van der Waals surface area (Å²) in [4.78, 5) is 53.9. The van der Waals surface area contributed by atoms with Crippen LogP contribution in [0.3, 0.4) is 0 Å². The van der Waals surface area contributed by atoms with Crippen LogP contribution in [-0.2, 0) is 51.7 Å². The summed E-state index contributed by atoms with van der Waals surface area (Å²) in [6, 6.07) is 25.4. The average molecular weight is 1060 g/mol. The molecule has 5 unspecified atom stereocenters. The lowest BCUT2D eigenvalue weighted by atomic mass is 9.79. The molecule has 1 fully saturated rings. The van der Waals surface area contributed by atoms with Crippen LogP contribution in [0.1, 0.15) is 70.4 Å². The maximum Gasteiger partial charge on any atom is 0.490 e. The molecule has 5 heterocycles. The van der Waals surface area contributed by atoms with Crippen LogP contribution in [0.25, 0.3) is 32.6 Å². The van der Waals surface area contributed by atoms with Crippen molar-refractivity contribution in [3.8, 4) is 11.8 Å². The smallest absolute Gasteiger partial charge is 0.383 e. The minimum Gasteiger partial charge on any atom is -0.383 e. The first-order chi connectivity index (χ1) is 35.1. The molecule has 0 bridgehead atoms. The Morgan fingerprint density at radius 2 is 1.58 bits per heavy atom. The van der Waals surface area contributed by atoms with Gasteiger partial charge < -0.3 is 39.9 Å². The number of carbonyl (C=O) groups excluding carboxylic acids is 1. The number of hydrogen-bond acceptors (Lipinski definition) is 13. The van der Waals surface area contributed by atoms with E-state index in [2.05, 4.69) is 163 Å². The van der Waals surface area contributed by atoms with Crippen molar-refractivity contribution in [1.82, 2.24) is 19.9 Å². The maximum atomic E-state index is 13.9. The topological polar surface area (TPSA) is 250 Å². The number of allylic oxidation sites excluding steroid dienone is 6. The Morgan fingerprint density at radius 1 is 0.892 bits per heavy atom. The lowest BCUT2D eigenvalue weighted by Gasteiger charge is -2.26. The normalized spacial score (nSPS) is 21.0. The molecule has 3 aliphatic heterocycles. The van der Waals surface area contributed by atoms with Crippen LogP contribution >= 0.6 is 23.5 Å². The quantitative estimate of drug-likeness (QED) is 0.0262. The second-order valence-electron chi connectivity index (χ2n) is 18.9. The van der Waals surface area contributed by atoms with E-state index in [1.54, 1.807) is 10.8 Å². The number of nitrogens with one attached hydrogen (secondary N) is 1. The summed E-state index contributed by atoms with van der Waals surface area (Å²) in [6.45, 7) is 11.4. The van der Waals surface area contributed by atoms with E-state index in [9.17, 15) is 33.2 Å². The lowest BCUT2D eigenvalue weighted by Crippen LogP contribution is -2.34. The first-order valence-corrected chi connectivity index (χ1v) is 28.3. The van der Waals surface area contributed by atoms with Crippen molar-refractivity contribution >= 4 is 84.9 Å². The van der Waals surface area contributed by atoms with E-state index in [-0.39, 0.29) is 30.2 Å². The number of aromatic nitrogens is 3. The third kappa shape index (κ3) is 10.5. The second kappa shape index (κ2) is 20.6. The largest absolute Gasteiger partial charge is 0.490 e. The van der Waals surface area contributed by atoms with E-state index in [1.807, 2.05) is 24.3 Å². The Labute approximate surface area is 427 Å². The van der Waals surface area contributed by atoms with Gasteiger partial charge in [-0.1, -0.05) is 98.5 Å². The summed E-state index contributed by atoms with van der Waals surface area (Å²) in [5, 5.41) is 8.15. The Kier molecular flexibility index (Phi) is 14.7. The van der Waals surface area contributed by atoms with Crippen molar-refractivity contribution in [3.63, 3.8) is 0 Å². The summed E-state index contributed by atoms with van der Waals surface area (Å²) in [6.07, 6.45) is 12.7. The number of amides is 1. The molecule has 6 aromatic rings. The van der Waals surface area contributed by atoms with Crippen molar-refractivity contribution in [2.24, 2.45) is 0 Å². The Balaban J connectivity index is 0.905. The van der Waals surface area contributed by atoms with Crippen molar-refractivity contribution in [3.05, 3.63) is 138 Å². The number of ether oxygens (including phenoxy) is 1. The first kappa shape index (κ1) is 52.8. The molecule has 0 radical (unpaired) electrons. The minimum atomic E-state index is -5.57. The molecule has 386 valence electrons. The van der Waals surface area contributed by atoms with Crippen LogP contribution in [0.15, 0.2) is 121 Å². The van der Waals surface area contributed by atoms with E-state index >= 15 is 0 Å². The van der Waals surface area contributed by atoms with Gasteiger partial charge in [-0.15, -0.1) is 0 Å². The highest BCUT2D eigenvalue weighted by Gasteiger charge is 2.47. The standard InChI is InChI=1S/C52H56N7O12P3/c1-7-57-40-26-23-34-16-11-13-19-38(34)47(40)51(2,3)42(57)21-9-8-10-22-43-52(4,5)48-39-20-14-12-17-35(39)24-27-41(48)58(43)31-44(60)54-29-15-18-36-30-59(50-46(36)49(53)55-33-56-50)45-28-25-37(69-45)32-68-73(63,64)71-74(65,66)70-72(61,62)67-6/h8-14,16-17,19-24,26-27,30,33,37,45H,7,25,28-29,31-32H2,1-6H3,(H5-,53,54,55,56,60,61,62,63,64,65,66)/p+1. The SMILES string of the molecule is CCN1/C(=C/C=C/C=C/C2=[N+](CC(=O)NCC#Cc3cn(C4CCC(COP(=O)(O)OP(=O)(O)OP(=O)(O)OC)O4)c4ncnc(N)c34)c3ccc4ccccc4c3C2(C)C)C(C)(C)c2c1ccc1ccccc21. The molecule has 2 aromatic heterocycles. The van der Waals surface area contributed by atoms with Crippen LogP contribution in [0, 0.1) is 11.8 Å². The van der Waals surface area contributed by atoms with Gasteiger partial charge in [0.05, 0.1) is 35.6 Å². The van der Waals surface area contributed by atoms with E-state index < -0.39 is 47.8 Å². The highest BCUT2D eigenvalue weighted by Crippen LogP contribution is 2.67. The Hall–Kier alpha value is -6.09. The maximum absolute atomic E-state index is 13.9. The van der Waals surface area contributed by atoms with Gasteiger partial charge in [0.25, 0.3) is 5.91 Å². The van der Waals surface area contributed by atoms with E-state index in [4.69, 9.17) is 15.0 Å². The molecular formula is C52H57N7O12P3+. The molecule has 9 rings (SSSR count). The predicted octanol–water partition coefficient (Wildman–Crippen LogP) is 9.35. The number of nitrogens with two attached hydrogens (primary N) is 1. The number of benzene rings is 4. The molecule has 6 N–H and O–H groups in total. The third-order valence-corrected chi connectivity index (χ3v) is 17.8. The summed E-state index contributed by atoms with van der Waals surface area (Å²) in [5.41, 5.74) is 13.3. The number of fused-ring (bicyclic) bond motifs is 7. The number of nitrogen functional groups attached to an aromatic ring is 1. The van der Waals surface area contributed by atoms with E-state index in [0.29, 0.717) is 36.5 Å². The highest BCUT2D eigenvalue weighted by atomic mass is 31.3. The number of likely N-dealkylation sites (N-methyl/N-ethyl adjacent to an activating group) is 1. The van der Waals surface area contributed by atoms with Gasteiger partial charge in [-0.05, 0) is 78.9 Å². The van der Waals surface area contributed by atoms with Gasteiger partial charge >= 0.3 is 23.5 Å². The molecule has 4 aromatic carbocycles. The Morgan fingerprint density at radius 3 is 2.30 bits per heavy atom. The molecule has 0 spiro atoms. The van der Waals surface area contributed by atoms with Gasteiger partial charge in [0, 0.05) is 54.4 Å². The lowest BCUT2D eigenvalue weighted by molar-refractivity contribution is -0.425. The highest BCUT2D eigenvalue weighted by molar-refractivity contribution is 7.66. The van der Waals surface area contributed by atoms with Crippen molar-refractivity contribution in [2.45, 2.75) is 70.6 Å². The van der Waals surface area contributed by atoms with Crippen LogP contribution in [0.4, 0.5) is 17.2 Å². The molecule has 22 heteroatoms. The number of phosphoric ester groups is 2. The summed E-state index contributed by atoms with van der Waals surface area (Å²) >= 11 is 0. The van der Waals surface area contributed by atoms with Gasteiger partial charge in [-0.2, -0.15) is 13.2 Å². The van der Waals surface area contributed by atoms with Crippen LogP contribution < -0.4 is 16.0 Å². The predicted molar refractivity (Wildman–Crippen MR) is 283 cm³/mol. The van der Waals surface area contributed by atoms with E-state index in [1.165, 1.54) is 34.0 Å². The van der Waals surface area contributed by atoms with Crippen LogP contribution in [0.2, 0.25) is 0 Å². The molecule has 19 nitrogen and oxygen atoms in total. The zero-order valence-corrected chi connectivity index (χ0v) is 44.2.